The molecule has 1 N–H and O–H groups in total. The number of aryl methyl sites for hydroxylation is 1. The van der Waals surface area contributed by atoms with Crippen LogP contribution in [-0.2, 0) is 11.3 Å². The molecule has 23 heavy (non-hydrogen) atoms. The van der Waals surface area contributed by atoms with Gasteiger partial charge in [-0.2, -0.15) is 0 Å². The fraction of sp³-hybridized carbons (Fsp3) is 0.150. The second-order valence-electron chi connectivity index (χ2n) is 5.51. The van der Waals surface area contributed by atoms with E-state index in [9.17, 15) is 4.79 Å². The fourth-order valence-electron chi connectivity index (χ4n) is 2.46. The van der Waals surface area contributed by atoms with Gasteiger partial charge in [0.2, 0.25) is 0 Å². The second kappa shape index (κ2) is 6.97. The molecule has 0 unspecified atom stereocenters. The molecule has 0 radical (unpaired) electrons. The largest absolute Gasteiger partial charge is 0.484 e. The fourth-order valence-corrected chi connectivity index (χ4v) is 2.46. The van der Waals surface area contributed by atoms with Crippen molar-refractivity contribution >= 4 is 16.7 Å². The summed E-state index contributed by atoms with van der Waals surface area (Å²) in [5.74, 6) is 0.620. The number of amides is 1. The minimum atomic E-state index is -0.124. The molecule has 3 aromatic carbocycles. The molecule has 3 heteroatoms. The lowest BCUT2D eigenvalue weighted by atomic mass is 10.1. The maximum Gasteiger partial charge on any atom is 0.258 e. The Morgan fingerprint density at radius 1 is 0.957 bits per heavy atom. The van der Waals surface area contributed by atoms with Gasteiger partial charge in [0.25, 0.3) is 5.91 Å². The lowest BCUT2D eigenvalue weighted by Crippen LogP contribution is -2.28. The van der Waals surface area contributed by atoms with E-state index in [1.165, 1.54) is 10.8 Å². The molecule has 3 nitrogen and oxygen atoms in total. The molecule has 116 valence electrons. The van der Waals surface area contributed by atoms with E-state index >= 15 is 0 Å². The van der Waals surface area contributed by atoms with Gasteiger partial charge in [-0.15, -0.1) is 0 Å². The summed E-state index contributed by atoms with van der Waals surface area (Å²) in [6, 6.07) is 22.1. The SMILES string of the molecule is Cc1ccccc1OCC(=O)NCc1ccc2ccccc2c1. The Balaban J connectivity index is 1.54. The highest BCUT2D eigenvalue weighted by Gasteiger charge is 2.05. The van der Waals surface area contributed by atoms with Crippen LogP contribution in [0.2, 0.25) is 0 Å². The van der Waals surface area contributed by atoms with E-state index in [0.717, 1.165) is 16.9 Å². The zero-order valence-corrected chi connectivity index (χ0v) is 13.1. The van der Waals surface area contributed by atoms with Crippen LogP contribution in [0.5, 0.6) is 5.75 Å². The number of nitrogens with one attached hydrogen (secondary N) is 1. The zero-order valence-electron chi connectivity index (χ0n) is 13.1. The van der Waals surface area contributed by atoms with Gasteiger partial charge in [0.1, 0.15) is 5.75 Å². The van der Waals surface area contributed by atoms with Gasteiger partial charge in [-0.05, 0) is 41.0 Å². The summed E-state index contributed by atoms with van der Waals surface area (Å²) in [5.41, 5.74) is 2.10. The number of hydrogen-bond acceptors (Lipinski definition) is 2. The molecule has 0 saturated heterocycles. The number of carbonyl (C=O) groups excluding carboxylic acids is 1. The van der Waals surface area contributed by atoms with E-state index in [1.54, 1.807) is 0 Å². The quantitative estimate of drug-likeness (QED) is 0.777. The van der Waals surface area contributed by atoms with Gasteiger partial charge < -0.3 is 10.1 Å². The van der Waals surface area contributed by atoms with Crippen molar-refractivity contribution in [1.29, 1.82) is 0 Å². The maximum atomic E-state index is 11.9. The maximum absolute atomic E-state index is 11.9. The Morgan fingerprint density at radius 3 is 2.52 bits per heavy atom. The number of ether oxygens (including phenoxy) is 1. The van der Waals surface area contributed by atoms with Crippen molar-refractivity contribution in [2.24, 2.45) is 0 Å². The molecule has 0 fully saturated rings. The van der Waals surface area contributed by atoms with Crippen LogP contribution in [-0.4, -0.2) is 12.5 Å². The standard InChI is InChI=1S/C20H19NO2/c1-15-6-2-5-9-19(15)23-14-20(22)21-13-16-10-11-17-7-3-4-8-18(17)12-16/h2-12H,13-14H2,1H3,(H,21,22). The van der Waals surface area contributed by atoms with Crippen LogP contribution in [0.1, 0.15) is 11.1 Å². The minimum Gasteiger partial charge on any atom is -0.484 e. The number of rotatable bonds is 5. The normalized spacial score (nSPS) is 10.5. The lowest BCUT2D eigenvalue weighted by molar-refractivity contribution is -0.123. The molecule has 0 aliphatic carbocycles. The van der Waals surface area contributed by atoms with E-state index in [1.807, 2.05) is 49.4 Å². The molecule has 0 aromatic heterocycles. The van der Waals surface area contributed by atoms with Crippen LogP contribution >= 0.6 is 0 Å². The summed E-state index contributed by atoms with van der Waals surface area (Å²) in [6.45, 7) is 2.49. The predicted molar refractivity (Wildman–Crippen MR) is 92.5 cm³/mol. The van der Waals surface area contributed by atoms with Crippen LogP contribution in [0.15, 0.2) is 66.7 Å². The van der Waals surface area contributed by atoms with Gasteiger partial charge in [0, 0.05) is 6.54 Å². The van der Waals surface area contributed by atoms with Crippen LogP contribution < -0.4 is 10.1 Å². The lowest BCUT2D eigenvalue weighted by Gasteiger charge is -2.10. The third kappa shape index (κ3) is 3.89. The van der Waals surface area contributed by atoms with Crippen LogP contribution in [0.4, 0.5) is 0 Å². The van der Waals surface area contributed by atoms with Crippen molar-refractivity contribution in [2.45, 2.75) is 13.5 Å². The number of benzene rings is 3. The van der Waals surface area contributed by atoms with Gasteiger partial charge in [-0.1, -0.05) is 54.6 Å². The second-order valence-corrected chi connectivity index (χ2v) is 5.51. The molecule has 0 aliphatic rings. The smallest absolute Gasteiger partial charge is 0.258 e. The first kappa shape index (κ1) is 15.1. The highest BCUT2D eigenvalue weighted by Crippen LogP contribution is 2.16. The third-order valence-corrected chi connectivity index (χ3v) is 3.76. The Bertz CT molecular complexity index is 826. The number of hydrogen-bond donors (Lipinski definition) is 1. The van der Waals surface area contributed by atoms with Crippen molar-refractivity contribution in [3.05, 3.63) is 77.9 Å². The summed E-state index contributed by atoms with van der Waals surface area (Å²) in [7, 11) is 0. The number of para-hydroxylation sites is 1. The Hall–Kier alpha value is -2.81. The molecule has 0 saturated carbocycles. The topological polar surface area (TPSA) is 38.3 Å². The Labute approximate surface area is 135 Å². The molecule has 3 rings (SSSR count). The monoisotopic (exact) mass is 305 g/mol. The minimum absolute atomic E-state index is 0.0262. The molecule has 0 heterocycles. The van der Waals surface area contributed by atoms with Gasteiger partial charge >= 0.3 is 0 Å². The molecular formula is C20H19NO2. The average molecular weight is 305 g/mol. The van der Waals surface area contributed by atoms with Crippen LogP contribution in [0.3, 0.4) is 0 Å². The molecule has 0 spiro atoms. The molecular weight excluding hydrogens is 286 g/mol. The Morgan fingerprint density at radius 2 is 1.70 bits per heavy atom. The van der Waals surface area contributed by atoms with E-state index < -0.39 is 0 Å². The van der Waals surface area contributed by atoms with Gasteiger partial charge in [-0.25, -0.2) is 0 Å². The number of carbonyl (C=O) groups is 1. The van der Waals surface area contributed by atoms with Gasteiger partial charge in [0.15, 0.2) is 6.61 Å². The summed E-state index contributed by atoms with van der Waals surface area (Å²) in [6.07, 6.45) is 0. The van der Waals surface area contributed by atoms with Crippen LogP contribution in [0.25, 0.3) is 10.8 Å². The summed E-state index contributed by atoms with van der Waals surface area (Å²) in [4.78, 5) is 11.9. The summed E-state index contributed by atoms with van der Waals surface area (Å²) < 4.78 is 5.55. The number of fused-ring (bicyclic) bond motifs is 1. The van der Waals surface area contributed by atoms with E-state index in [0.29, 0.717) is 6.54 Å². The van der Waals surface area contributed by atoms with Gasteiger partial charge in [0.05, 0.1) is 0 Å². The zero-order chi connectivity index (χ0) is 16.1. The highest BCUT2D eigenvalue weighted by molar-refractivity contribution is 5.83. The predicted octanol–water partition coefficient (Wildman–Crippen LogP) is 3.84. The first-order valence-corrected chi connectivity index (χ1v) is 7.65. The first-order chi connectivity index (χ1) is 11.2. The first-order valence-electron chi connectivity index (χ1n) is 7.65. The van der Waals surface area contributed by atoms with E-state index in [-0.39, 0.29) is 12.5 Å². The van der Waals surface area contributed by atoms with Crippen molar-refractivity contribution in [1.82, 2.24) is 5.32 Å². The van der Waals surface area contributed by atoms with E-state index in [4.69, 9.17) is 4.74 Å². The van der Waals surface area contributed by atoms with Crippen LogP contribution in [0, 0.1) is 6.92 Å². The highest BCUT2D eigenvalue weighted by atomic mass is 16.5. The Kier molecular flexibility index (Phi) is 4.57. The molecule has 1 amide bonds. The van der Waals surface area contributed by atoms with Crippen molar-refractivity contribution in [3.8, 4) is 5.75 Å². The van der Waals surface area contributed by atoms with E-state index in [2.05, 4.69) is 29.6 Å². The summed E-state index contributed by atoms with van der Waals surface area (Å²) in [5, 5.41) is 5.27. The molecule has 0 aliphatic heterocycles. The molecule has 0 bridgehead atoms. The summed E-state index contributed by atoms with van der Waals surface area (Å²) >= 11 is 0. The average Bonchev–Trinajstić information content (AvgIpc) is 2.59. The van der Waals surface area contributed by atoms with Crippen molar-refractivity contribution < 1.29 is 9.53 Å². The third-order valence-electron chi connectivity index (χ3n) is 3.76. The molecule has 3 aromatic rings. The van der Waals surface area contributed by atoms with Crippen molar-refractivity contribution in [2.75, 3.05) is 6.61 Å². The molecule has 0 atom stereocenters. The van der Waals surface area contributed by atoms with Gasteiger partial charge in [-0.3, -0.25) is 4.79 Å². The van der Waals surface area contributed by atoms with Crippen molar-refractivity contribution in [3.63, 3.8) is 0 Å².